The van der Waals surface area contributed by atoms with Crippen LogP contribution in [0.2, 0.25) is 5.02 Å². The minimum atomic E-state index is -0.527. The smallest absolute Gasteiger partial charge is 0.399 e. The van der Waals surface area contributed by atoms with E-state index >= 15 is 0 Å². The van der Waals surface area contributed by atoms with Crippen LogP contribution >= 0.6 is 11.6 Å². The summed E-state index contributed by atoms with van der Waals surface area (Å²) in [4.78, 5) is 89.2. The van der Waals surface area contributed by atoms with Gasteiger partial charge in [0.05, 0.1) is 51.8 Å². The van der Waals surface area contributed by atoms with Crippen molar-refractivity contribution in [3.05, 3.63) is 190 Å². The molecule has 1 saturated heterocycles. The quantitative estimate of drug-likeness (QED) is 0.105. The Morgan fingerprint density at radius 3 is 1.57 bits per heavy atom. The van der Waals surface area contributed by atoms with Crippen LogP contribution in [0.1, 0.15) is 108 Å². The van der Waals surface area contributed by atoms with Crippen molar-refractivity contribution >= 4 is 70.8 Å². The van der Waals surface area contributed by atoms with E-state index in [0.29, 0.717) is 51.5 Å². The van der Waals surface area contributed by atoms with Gasteiger partial charge >= 0.3 is 7.12 Å². The molecule has 0 unspecified atom stereocenters. The lowest BCUT2D eigenvalue weighted by Gasteiger charge is -2.32. The largest absolute Gasteiger partial charge is 0.496 e. The Morgan fingerprint density at radius 1 is 0.565 bits per heavy atom. The maximum Gasteiger partial charge on any atom is 0.496 e. The van der Waals surface area contributed by atoms with Crippen molar-refractivity contribution < 1.29 is 18.9 Å². The number of fused-ring (bicyclic) bond motifs is 8. The number of rotatable bonds is 10. The van der Waals surface area contributed by atoms with Gasteiger partial charge in [0.15, 0.2) is 35.8 Å². The molecule has 1 fully saturated rings. The Bertz CT molecular complexity index is 4820. The number of anilines is 4. The van der Waals surface area contributed by atoms with Crippen molar-refractivity contribution in [3.63, 3.8) is 0 Å². The van der Waals surface area contributed by atoms with Gasteiger partial charge in [0.1, 0.15) is 22.4 Å². The number of likely N-dealkylation sites (N-methyl/N-ethyl adjacent to an activating group) is 2. The van der Waals surface area contributed by atoms with Crippen molar-refractivity contribution in [2.75, 3.05) is 37.8 Å². The van der Waals surface area contributed by atoms with E-state index in [-0.39, 0.29) is 50.0 Å². The zero-order valence-corrected chi connectivity index (χ0v) is 53.5. The van der Waals surface area contributed by atoms with Gasteiger partial charge in [0, 0.05) is 124 Å². The van der Waals surface area contributed by atoms with Gasteiger partial charge in [-0.3, -0.25) is 57.1 Å². The Hall–Kier alpha value is -9.27. The van der Waals surface area contributed by atoms with Crippen LogP contribution in [0.25, 0.3) is 33.8 Å². The van der Waals surface area contributed by atoms with Crippen LogP contribution in [0.5, 0.6) is 0 Å². The van der Waals surface area contributed by atoms with Gasteiger partial charge in [-0.05, 0) is 146 Å². The van der Waals surface area contributed by atoms with Crippen molar-refractivity contribution in [1.82, 2.24) is 66.4 Å². The highest BCUT2D eigenvalue weighted by atomic mass is 35.5. The van der Waals surface area contributed by atoms with E-state index in [0.717, 1.165) is 114 Å². The molecule has 0 saturated carbocycles. The van der Waals surface area contributed by atoms with Gasteiger partial charge in [0.2, 0.25) is 0 Å². The van der Waals surface area contributed by atoms with E-state index in [9.17, 15) is 28.8 Å². The zero-order chi connectivity index (χ0) is 64.5. The summed E-state index contributed by atoms with van der Waals surface area (Å²) in [6, 6.07) is 14.6. The molecule has 3 aliphatic heterocycles. The summed E-state index contributed by atoms with van der Waals surface area (Å²) in [5.74, 6) is 1.77. The molecule has 13 heterocycles. The number of hydrogen-bond donors (Lipinski definition) is 2. The zero-order valence-electron chi connectivity index (χ0n) is 52.8. The molecule has 2 N–H and O–H groups in total. The van der Waals surface area contributed by atoms with Crippen molar-refractivity contribution in [1.29, 1.82) is 0 Å². The van der Waals surface area contributed by atoms with Crippen LogP contribution in [0.3, 0.4) is 0 Å². The molecular formula is C66H72BClN16O8. The van der Waals surface area contributed by atoms with Gasteiger partial charge in [-0.1, -0.05) is 11.6 Å². The highest BCUT2D eigenvalue weighted by Crippen LogP contribution is 2.37. The van der Waals surface area contributed by atoms with Crippen LogP contribution < -0.4 is 38.3 Å². The summed E-state index contributed by atoms with van der Waals surface area (Å²) >= 11 is 6.04. The predicted molar refractivity (Wildman–Crippen MR) is 352 cm³/mol. The van der Waals surface area contributed by atoms with Crippen molar-refractivity contribution in [3.8, 4) is 22.8 Å². The first-order valence-electron chi connectivity index (χ1n) is 31.0. The maximum atomic E-state index is 13.6. The Balaban J connectivity index is 0.000000132. The number of nitrogens with zero attached hydrogens (tertiary/aromatic N) is 14. The summed E-state index contributed by atoms with van der Waals surface area (Å²) in [7, 11) is 7.03. The monoisotopic (exact) mass is 1260 g/mol. The number of carbonyl (C=O) groups is 2. The molecule has 10 aromatic heterocycles. The van der Waals surface area contributed by atoms with Crippen LogP contribution in [0.15, 0.2) is 117 Å². The summed E-state index contributed by atoms with van der Waals surface area (Å²) in [5.41, 5.74) is 9.86. The van der Waals surface area contributed by atoms with Gasteiger partial charge in [-0.15, -0.1) is 0 Å². The third-order valence-electron chi connectivity index (χ3n) is 18.6. The van der Waals surface area contributed by atoms with Gasteiger partial charge < -0.3 is 37.9 Å². The van der Waals surface area contributed by atoms with Crippen LogP contribution in [0, 0.1) is 0 Å². The van der Waals surface area contributed by atoms with E-state index in [1.807, 2.05) is 82.5 Å². The molecule has 2 aliphatic carbocycles. The lowest BCUT2D eigenvalue weighted by Crippen LogP contribution is -2.41. The molecular weight excluding hydrogens is 1190 g/mol. The lowest BCUT2D eigenvalue weighted by molar-refractivity contribution is 0.00578. The highest BCUT2D eigenvalue weighted by molar-refractivity contribution is 6.62. The van der Waals surface area contributed by atoms with E-state index in [1.54, 1.807) is 67.8 Å². The Labute approximate surface area is 534 Å². The summed E-state index contributed by atoms with van der Waals surface area (Å²) in [6.45, 7) is 13.2. The Morgan fingerprint density at radius 2 is 1.04 bits per heavy atom. The fourth-order valence-corrected chi connectivity index (χ4v) is 13.1. The second-order valence-electron chi connectivity index (χ2n) is 25.4. The van der Waals surface area contributed by atoms with Crippen LogP contribution in [-0.4, -0.2) is 124 Å². The molecule has 10 aromatic rings. The first-order chi connectivity index (χ1) is 44.2. The van der Waals surface area contributed by atoms with Crippen molar-refractivity contribution in [2.45, 2.75) is 116 Å². The number of aryl methyl sites for hydroxylation is 6. The molecule has 92 heavy (non-hydrogen) atoms. The molecule has 0 atom stereocenters. The number of aldehydes is 2. The second kappa shape index (κ2) is 24.4. The molecule has 0 spiro atoms. The van der Waals surface area contributed by atoms with E-state index < -0.39 is 18.3 Å². The third kappa shape index (κ3) is 11.4. The number of halogens is 1. The first kappa shape index (κ1) is 61.6. The fraction of sp³-hybridized carbons (Fsp3) is 0.364. The van der Waals surface area contributed by atoms with Gasteiger partial charge in [-0.25, -0.2) is 9.97 Å². The molecule has 24 nitrogen and oxygen atoms in total. The predicted octanol–water partition coefficient (Wildman–Crippen LogP) is 6.83. The maximum absolute atomic E-state index is 13.6. The highest BCUT2D eigenvalue weighted by Gasteiger charge is 2.52. The normalized spacial score (nSPS) is 16.6. The van der Waals surface area contributed by atoms with E-state index in [2.05, 4.69) is 54.7 Å². The topological polar surface area (TPSA) is 241 Å². The van der Waals surface area contributed by atoms with Gasteiger partial charge in [-0.2, -0.15) is 10.2 Å². The SMILES string of the molecule is CN1CCn2nc(Nc3cc(-c4ccnc(-n5ccn6c7c(cc6c5=O)CCCC7)c4C=O)cn(C)c3=O)cc2C1.CN1CCn2nc(Nc3cc(B4OC(C)(C)C(C)(C)O4)cn(C)c3=O)cc2C1.O=Cc1c(Cl)ccnc1-n1ccn2c3c(cc2c1=O)CCCC3. The molecule has 0 bridgehead atoms. The summed E-state index contributed by atoms with van der Waals surface area (Å²) in [6.07, 6.45) is 23.4. The van der Waals surface area contributed by atoms with E-state index in [1.165, 1.54) is 48.5 Å². The average Bonchev–Trinajstić information content (AvgIpc) is 1.58. The molecule has 5 aliphatic rings. The standard InChI is InChI=1S/C30H30N8O3.C19H28BN5O3.C17H14ClN3O2/c1-34-9-12-38-21(17-34)15-27(33-38)32-24-13-20(16-35(2)29(24)40)22-7-8-31-28(23(22)18-39)37-11-10-36-25-6-4-3-5-19(25)14-26(36)30(37)41;1-18(2)19(3,4)28-20(27-18)13-9-15(17(26)24(6)11-13)21-16-10-14-12-23(5)7-8-25(14)22-16;18-13-5-6-19-16(12(13)10-22)21-8-7-20-14-4-2-1-3-11(14)9-15(20)17(21)23/h7-8,10-11,13-16,18H,3-6,9,12,17H2,1-2H3,(H,32,33);9-11H,7-8,12H2,1-6H3,(H,21,22);5-10H,1-4H2. The summed E-state index contributed by atoms with van der Waals surface area (Å²) in [5, 5.41) is 15.9. The van der Waals surface area contributed by atoms with Crippen LogP contribution in [-0.2, 0) is 75.3 Å². The van der Waals surface area contributed by atoms with Crippen molar-refractivity contribution in [2.24, 2.45) is 14.1 Å². The third-order valence-corrected chi connectivity index (χ3v) is 18.9. The molecule has 15 rings (SSSR count). The Kier molecular flexibility index (Phi) is 16.3. The molecule has 474 valence electrons. The number of carbonyl (C=O) groups excluding carboxylic acids is 2. The van der Waals surface area contributed by atoms with Gasteiger partial charge in [0.25, 0.3) is 22.2 Å². The number of hydrogen-bond acceptors (Lipinski definition) is 16. The lowest BCUT2D eigenvalue weighted by atomic mass is 9.80. The molecule has 0 aromatic carbocycles. The van der Waals surface area contributed by atoms with Crippen LogP contribution in [0.4, 0.5) is 23.0 Å². The average molecular weight is 1260 g/mol. The van der Waals surface area contributed by atoms with E-state index in [4.69, 9.17) is 20.9 Å². The second-order valence-corrected chi connectivity index (χ2v) is 25.8. The first-order valence-corrected chi connectivity index (χ1v) is 31.4. The number of nitrogens with one attached hydrogen (secondary N) is 2. The fourth-order valence-electron chi connectivity index (χ4n) is 12.9. The molecule has 26 heteroatoms. The minimum absolute atomic E-state index is 0.122. The molecule has 0 amide bonds. The molecule has 0 radical (unpaired) electrons. The number of aromatic nitrogens is 12. The number of pyridine rings is 4. The minimum Gasteiger partial charge on any atom is -0.399 e. The summed E-state index contributed by atoms with van der Waals surface area (Å²) < 4.78 is 26.0.